The van der Waals surface area contributed by atoms with Crippen molar-refractivity contribution in [2.45, 2.75) is 226 Å². The predicted molar refractivity (Wildman–Crippen MR) is 368 cm³/mol. The first-order valence-corrected chi connectivity index (χ1v) is 47.9. The number of ether oxygens (including phenoxy) is 4. The third-order valence-electron chi connectivity index (χ3n) is 16.4. The Balaban J connectivity index is 1.64. The Morgan fingerprint density at radius 1 is 0.309 bits per heavy atom. The zero-order valence-electron chi connectivity index (χ0n) is 51.8. The Bertz CT molecular complexity index is 2300. The maximum atomic E-state index is 12.5. The molecule has 0 N–H and O–H groups in total. The zero-order chi connectivity index (χ0) is 60.9. The number of carbonyl (C=O) groups excluding carboxylic acids is 4. The molecule has 0 amide bonds. The Morgan fingerprint density at radius 2 is 0.469 bits per heavy atom. The van der Waals surface area contributed by atoms with Crippen LogP contribution in [0.25, 0.3) is 0 Å². The van der Waals surface area contributed by atoms with Gasteiger partial charge in [0, 0.05) is 0 Å². The molecule has 0 aromatic heterocycles. The van der Waals surface area contributed by atoms with Crippen LogP contribution in [0.4, 0.5) is 0 Å². The summed E-state index contributed by atoms with van der Waals surface area (Å²) in [7, 11) is -9.24. The van der Waals surface area contributed by atoms with Gasteiger partial charge in [0.25, 0.3) is 0 Å². The minimum Gasteiger partial charge on any atom is -0.460 e. The molecule has 4 aromatic rings. The van der Waals surface area contributed by atoms with Crippen molar-refractivity contribution in [2.24, 2.45) is 0 Å². The summed E-state index contributed by atoms with van der Waals surface area (Å²) in [6, 6.07) is 45.8. The molecule has 448 valence electrons. The first-order valence-electron chi connectivity index (χ1n) is 29.1. The molecule has 0 aliphatic heterocycles. The molecule has 4 aromatic carbocycles. The average Bonchev–Trinajstić information content (AvgIpc) is 3.38. The summed E-state index contributed by atoms with van der Waals surface area (Å²) < 4.78 is 19.7. The highest BCUT2D eigenvalue weighted by Gasteiger charge is 2.37. The Morgan fingerprint density at radius 3 is 0.617 bits per heavy atom. The Labute approximate surface area is 527 Å². The summed E-state index contributed by atoms with van der Waals surface area (Å²) in [6.07, 6.45) is 4.95. The van der Waals surface area contributed by atoms with Gasteiger partial charge < -0.3 is 18.9 Å². The largest absolute Gasteiger partial charge is 0.460 e. The minimum atomic E-state index is -1.90. The van der Waals surface area contributed by atoms with Gasteiger partial charge in [0.15, 0.2) is 0 Å². The third-order valence-corrected chi connectivity index (χ3v) is 37.3. The predicted octanol–water partition coefficient (Wildman–Crippen LogP) is 16.3. The van der Waals surface area contributed by atoms with Gasteiger partial charge in [0.1, 0.15) is 43.7 Å². The lowest BCUT2D eigenvalue weighted by Crippen LogP contribution is -2.44. The van der Waals surface area contributed by atoms with Gasteiger partial charge in [-0.1, -0.05) is 308 Å². The van der Waals surface area contributed by atoms with Gasteiger partial charge in [-0.25, -0.2) is 0 Å². The molecule has 0 unspecified atom stereocenters. The second-order valence-corrected chi connectivity index (χ2v) is 59.7. The molecular formula is C64H96Br4O8Si5. The van der Waals surface area contributed by atoms with Crippen molar-refractivity contribution in [3.63, 3.8) is 0 Å². The lowest BCUT2D eigenvalue weighted by atomic mass is 10.2. The number of rotatable bonds is 32. The van der Waals surface area contributed by atoms with Gasteiger partial charge in [0.05, 0.1) is 40.4 Å². The quantitative estimate of drug-likeness (QED) is 0.0206. The Hall–Kier alpha value is -2.24. The van der Waals surface area contributed by atoms with Crippen LogP contribution in [-0.4, -0.2) is 81.5 Å². The second kappa shape index (κ2) is 29.9. The molecule has 0 spiro atoms. The Kier molecular flexibility index (Phi) is 26.3. The molecule has 81 heavy (non-hydrogen) atoms. The number of esters is 4. The summed E-state index contributed by atoms with van der Waals surface area (Å²) in [5.74, 6) is -1.07. The monoisotopic (exact) mass is 1450 g/mol. The van der Waals surface area contributed by atoms with Gasteiger partial charge in [0.2, 0.25) is 0 Å². The van der Waals surface area contributed by atoms with Crippen molar-refractivity contribution >= 4 is 149 Å². The molecule has 0 saturated carbocycles. The molecule has 0 fully saturated rings. The van der Waals surface area contributed by atoms with Gasteiger partial charge in [-0.3, -0.25) is 19.2 Å². The molecule has 8 nitrogen and oxygen atoms in total. The molecule has 0 aliphatic carbocycles. The number of hydrogen-bond acceptors (Lipinski definition) is 8. The molecular weight excluding hydrogens is 1360 g/mol. The highest BCUT2D eigenvalue weighted by molar-refractivity contribution is 9.10. The van der Waals surface area contributed by atoms with Gasteiger partial charge >= 0.3 is 23.9 Å². The van der Waals surface area contributed by atoms with Crippen molar-refractivity contribution < 1.29 is 38.1 Å². The van der Waals surface area contributed by atoms with E-state index in [1.807, 2.05) is 55.4 Å². The van der Waals surface area contributed by atoms with E-state index in [2.05, 4.69) is 213 Å². The van der Waals surface area contributed by atoms with Crippen LogP contribution in [0, 0.1) is 0 Å². The summed E-state index contributed by atoms with van der Waals surface area (Å²) in [5, 5.41) is 5.79. The van der Waals surface area contributed by atoms with Crippen LogP contribution in [0.15, 0.2) is 97.1 Å². The lowest BCUT2D eigenvalue weighted by molar-refractivity contribution is -0.147. The van der Waals surface area contributed by atoms with Crippen LogP contribution in [-0.2, 0) is 64.6 Å². The lowest BCUT2D eigenvalue weighted by Gasteiger charge is -2.37. The molecule has 4 rings (SSSR count). The van der Waals surface area contributed by atoms with E-state index in [9.17, 15) is 19.2 Å². The minimum absolute atomic E-state index is 0.263. The number of alkyl halides is 4. The molecule has 0 atom stereocenters. The van der Waals surface area contributed by atoms with E-state index in [0.29, 0.717) is 0 Å². The van der Waals surface area contributed by atoms with Crippen LogP contribution in [0.5, 0.6) is 0 Å². The van der Waals surface area contributed by atoms with E-state index in [1.165, 1.54) is 94.8 Å². The van der Waals surface area contributed by atoms with E-state index in [4.69, 9.17) is 18.9 Å². The van der Waals surface area contributed by atoms with Gasteiger partial charge in [-0.2, -0.15) is 0 Å². The fourth-order valence-corrected chi connectivity index (χ4v) is 27.2. The van der Waals surface area contributed by atoms with Crippen LogP contribution in [0.2, 0.25) is 101 Å². The fourth-order valence-electron chi connectivity index (χ4n) is 10.4. The SMILES string of the molecule is CC(C)(Br)C(=O)OCc1ccc([Si](C)(C)CCC[Si](CCC[Si](C)(C)c2ccc(COC(=O)C(C)(C)Br)cc2)(CCC[Si](C)(C)c2ccc(COC(=O)C(C)(C)Br)cc2)CCC[Si](C)(C)c2ccc(COC(=O)C(C)(C)Br)cc2)cc1. The number of carbonyl (C=O) groups is 4. The van der Waals surface area contributed by atoms with Crippen LogP contribution in [0.1, 0.15) is 103 Å². The smallest absolute Gasteiger partial charge is 0.322 e. The topological polar surface area (TPSA) is 105 Å². The molecule has 0 aliphatic rings. The normalized spacial score (nSPS) is 13.2. The molecule has 0 heterocycles. The first-order chi connectivity index (χ1) is 37.2. The number of benzene rings is 4. The van der Waals surface area contributed by atoms with Crippen molar-refractivity contribution in [1.82, 2.24) is 0 Å². The third kappa shape index (κ3) is 23.5. The summed E-state index contributed by atoms with van der Waals surface area (Å²) in [5.41, 5.74) is 4.03. The van der Waals surface area contributed by atoms with Crippen molar-refractivity contribution in [3.8, 4) is 0 Å². The molecule has 0 bridgehead atoms. The van der Waals surface area contributed by atoms with E-state index in [1.54, 1.807) is 0 Å². The van der Waals surface area contributed by atoms with E-state index < -0.39 is 57.7 Å². The maximum Gasteiger partial charge on any atom is 0.322 e. The van der Waals surface area contributed by atoms with Crippen LogP contribution in [0.3, 0.4) is 0 Å². The molecule has 0 saturated heterocycles. The van der Waals surface area contributed by atoms with Crippen LogP contribution < -0.4 is 20.7 Å². The number of halogens is 4. The molecule has 17 heteroatoms. The van der Waals surface area contributed by atoms with Crippen LogP contribution >= 0.6 is 63.7 Å². The fraction of sp³-hybridized carbons (Fsp3) is 0.562. The summed E-state index contributed by atoms with van der Waals surface area (Å²) in [6.45, 7) is 35.8. The highest BCUT2D eigenvalue weighted by atomic mass is 79.9. The zero-order valence-corrected chi connectivity index (χ0v) is 63.2. The first kappa shape index (κ1) is 71.2. The van der Waals surface area contributed by atoms with Gasteiger partial charge in [-0.15, -0.1) is 0 Å². The van der Waals surface area contributed by atoms with Crippen molar-refractivity contribution in [2.75, 3.05) is 0 Å². The van der Waals surface area contributed by atoms with E-state index in [-0.39, 0.29) is 50.3 Å². The number of hydrogen-bond donors (Lipinski definition) is 0. The standard InChI is InChI=1S/C64H96Br4O8Si5/c1-61(2,65)57(69)73-45-49-21-29-53(30-22-49)77(9,10)37-17-41-81(42-18-38-78(11,12)54-31-23-50(24-32-54)46-74-58(70)62(3,4)66,43-19-39-79(13,14)55-33-25-51(26-34-55)47-75-59(71)63(5,6)67)44-20-40-80(15,16)56-35-27-52(28-36-56)48-76-60(72)64(7,8)68/h21-36H,17-20,37-48H2,1-16H3. The van der Waals surface area contributed by atoms with E-state index in [0.717, 1.165) is 22.3 Å². The second-order valence-electron chi connectivity index (χ2n) is 27.4. The molecule has 0 radical (unpaired) electrons. The van der Waals surface area contributed by atoms with Crippen molar-refractivity contribution in [3.05, 3.63) is 119 Å². The van der Waals surface area contributed by atoms with Gasteiger partial charge in [-0.05, 0) is 77.6 Å². The highest BCUT2D eigenvalue weighted by Crippen LogP contribution is 2.38. The van der Waals surface area contributed by atoms with Crippen molar-refractivity contribution in [1.29, 1.82) is 0 Å². The average molecular weight is 1450 g/mol. The maximum absolute atomic E-state index is 12.5. The van der Waals surface area contributed by atoms with E-state index >= 15 is 0 Å². The summed E-state index contributed by atoms with van der Waals surface area (Å²) in [4.78, 5) is 50.1. The summed E-state index contributed by atoms with van der Waals surface area (Å²) >= 11 is 13.7.